The summed E-state index contributed by atoms with van der Waals surface area (Å²) < 4.78 is 4.85. The number of phenolic OH excluding ortho intramolecular Hbond substituents is 1. The molecule has 136 valence electrons. The second kappa shape index (κ2) is 7.99. The molecule has 5 nitrogen and oxygen atoms in total. The second-order valence-corrected chi connectivity index (χ2v) is 7.03. The molecular weight excluding hydrogens is 308 g/mol. The van der Waals surface area contributed by atoms with Crippen LogP contribution in [0.3, 0.4) is 0 Å². The molecule has 1 aromatic carbocycles. The van der Waals surface area contributed by atoms with Gasteiger partial charge in [-0.05, 0) is 63.6 Å². The lowest BCUT2D eigenvalue weighted by molar-refractivity contribution is -0.168. The van der Waals surface area contributed by atoms with Gasteiger partial charge in [0, 0.05) is 0 Å². The van der Waals surface area contributed by atoms with E-state index in [0.717, 1.165) is 11.1 Å². The molecule has 0 heterocycles. The third kappa shape index (κ3) is 5.21. The number of aryl methyl sites for hydroxylation is 1. The van der Waals surface area contributed by atoms with Crippen LogP contribution in [0.1, 0.15) is 64.0 Å². The van der Waals surface area contributed by atoms with Gasteiger partial charge < -0.3 is 20.1 Å². The predicted molar refractivity (Wildman–Crippen MR) is 93.0 cm³/mol. The van der Waals surface area contributed by atoms with Crippen molar-refractivity contribution in [3.63, 3.8) is 0 Å². The molecule has 0 aromatic heterocycles. The van der Waals surface area contributed by atoms with Gasteiger partial charge in [-0.2, -0.15) is 0 Å². The molecule has 0 aliphatic carbocycles. The first-order chi connectivity index (χ1) is 11.0. The van der Waals surface area contributed by atoms with Crippen molar-refractivity contribution in [2.24, 2.45) is 0 Å². The quantitative estimate of drug-likeness (QED) is 0.634. The molecule has 0 fully saturated rings. The first-order valence-corrected chi connectivity index (χ1v) is 8.40. The zero-order chi connectivity index (χ0) is 18.5. The smallest absolute Gasteiger partial charge is 0.308 e. The van der Waals surface area contributed by atoms with E-state index in [1.54, 1.807) is 13.0 Å². The summed E-state index contributed by atoms with van der Waals surface area (Å²) in [6.07, 6.45) is 0.578. The van der Waals surface area contributed by atoms with Gasteiger partial charge >= 0.3 is 5.97 Å². The lowest BCUT2D eigenvalue weighted by atomic mass is 9.78. The Morgan fingerprint density at radius 1 is 1.25 bits per heavy atom. The summed E-state index contributed by atoms with van der Waals surface area (Å²) in [5, 5.41) is 31.2. The fourth-order valence-corrected chi connectivity index (χ4v) is 2.68. The van der Waals surface area contributed by atoms with E-state index in [1.165, 1.54) is 13.8 Å². The van der Waals surface area contributed by atoms with E-state index in [9.17, 15) is 20.1 Å². The third-order valence-electron chi connectivity index (χ3n) is 4.74. The number of carbonyl (C=O) groups excluding carboxylic acids is 1. The van der Waals surface area contributed by atoms with Gasteiger partial charge in [-0.25, -0.2) is 0 Å². The minimum Gasteiger partial charge on any atom is -0.508 e. The lowest BCUT2D eigenvalue weighted by Gasteiger charge is -2.38. The van der Waals surface area contributed by atoms with Crippen molar-refractivity contribution < 1.29 is 24.9 Å². The van der Waals surface area contributed by atoms with Gasteiger partial charge in [-0.3, -0.25) is 4.79 Å². The van der Waals surface area contributed by atoms with Crippen molar-refractivity contribution in [3.8, 4) is 5.75 Å². The van der Waals surface area contributed by atoms with E-state index < -0.39 is 17.2 Å². The molecule has 1 rings (SSSR count). The number of aromatic hydroxyl groups is 1. The van der Waals surface area contributed by atoms with Crippen LogP contribution in [0.5, 0.6) is 5.75 Å². The average molecular weight is 338 g/mol. The van der Waals surface area contributed by atoms with Crippen LogP contribution in [0.2, 0.25) is 0 Å². The van der Waals surface area contributed by atoms with E-state index >= 15 is 0 Å². The Morgan fingerprint density at radius 2 is 1.88 bits per heavy atom. The molecule has 0 amide bonds. The minimum atomic E-state index is -1.59. The SMILES string of the molecule is CCOC(=O)CC(C)(O)C(C)(O)CCC(C)c1ccc(C)cc1O. The van der Waals surface area contributed by atoms with Crippen molar-refractivity contribution in [1.29, 1.82) is 0 Å². The van der Waals surface area contributed by atoms with Crippen molar-refractivity contribution >= 4 is 5.97 Å². The van der Waals surface area contributed by atoms with E-state index in [0.29, 0.717) is 6.42 Å². The molecule has 3 unspecified atom stereocenters. The summed E-state index contributed by atoms with van der Waals surface area (Å²) in [5.74, 6) is -0.289. The number of hydrogen-bond donors (Lipinski definition) is 3. The molecule has 3 atom stereocenters. The number of benzene rings is 1. The number of rotatable bonds is 8. The molecule has 0 bridgehead atoms. The highest BCUT2D eigenvalue weighted by Crippen LogP contribution is 2.35. The van der Waals surface area contributed by atoms with Gasteiger partial charge in [0.05, 0.1) is 18.6 Å². The molecule has 0 aliphatic heterocycles. The number of hydrogen-bond acceptors (Lipinski definition) is 5. The highest BCUT2D eigenvalue weighted by Gasteiger charge is 2.43. The van der Waals surface area contributed by atoms with E-state index in [4.69, 9.17) is 4.74 Å². The van der Waals surface area contributed by atoms with Crippen molar-refractivity contribution in [3.05, 3.63) is 29.3 Å². The van der Waals surface area contributed by atoms with E-state index in [1.807, 2.05) is 26.0 Å². The van der Waals surface area contributed by atoms with Crippen LogP contribution in [0.4, 0.5) is 0 Å². The third-order valence-corrected chi connectivity index (χ3v) is 4.74. The number of esters is 1. The second-order valence-electron chi connectivity index (χ2n) is 7.03. The normalized spacial score (nSPS) is 17.6. The molecule has 0 spiro atoms. The average Bonchev–Trinajstić information content (AvgIpc) is 2.44. The van der Waals surface area contributed by atoms with Crippen LogP contribution in [0.15, 0.2) is 18.2 Å². The Kier molecular flexibility index (Phi) is 6.81. The van der Waals surface area contributed by atoms with Crippen LogP contribution < -0.4 is 0 Å². The van der Waals surface area contributed by atoms with Crippen LogP contribution in [-0.2, 0) is 9.53 Å². The number of phenols is 1. The highest BCUT2D eigenvalue weighted by atomic mass is 16.5. The Balaban J connectivity index is 2.74. The van der Waals surface area contributed by atoms with Crippen molar-refractivity contribution in [2.45, 2.75) is 71.0 Å². The molecule has 0 aliphatic rings. The van der Waals surface area contributed by atoms with Crippen LogP contribution in [0, 0.1) is 6.92 Å². The number of ether oxygens (including phenoxy) is 1. The number of aliphatic hydroxyl groups is 2. The molecule has 1 aromatic rings. The molecule has 0 saturated heterocycles. The molecule has 0 radical (unpaired) electrons. The van der Waals surface area contributed by atoms with Gasteiger partial charge in [-0.15, -0.1) is 0 Å². The topological polar surface area (TPSA) is 87.0 Å². The summed E-state index contributed by atoms with van der Waals surface area (Å²) in [6.45, 7) is 8.76. The van der Waals surface area contributed by atoms with Crippen molar-refractivity contribution in [1.82, 2.24) is 0 Å². The zero-order valence-corrected chi connectivity index (χ0v) is 15.3. The minimum absolute atomic E-state index is 0.00969. The Morgan fingerprint density at radius 3 is 2.42 bits per heavy atom. The van der Waals surface area contributed by atoms with Gasteiger partial charge in [0.1, 0.15) is 11.4 Å². The standard InChI is InChI=1S/C19H30O5/c1-6-24-17(21)12-19(5,23)18(4,22)10-9-14(3)15-8-7-13(2)11-16(15)20/h7-8,11,14,20,22-23H,6,9-10,12H2,1-5H3. The molecular formula is C19H30O5. The summed E-state index contributed by atoms with van der Waals surface area (Å²) >= 11 is 0. The Labute approximate surface area is 144 Å². The van der Waals surface area contributed by atoms with Gasteiger partial charge in [-0.1, -0.05) is 19.1 Å². The largest absolute Gasteiger partial charge is 0.508 e. The molecule has 24 heavy (non-hydrogen) atoms. The molecule has 5 heteroatoms. The molecule has 0 saturated carbocycles. The zero-order valence-electron chi connectivity index (χ0n) is 15.3. The van der Waals surface area contributed by atoms with Crippen LogP contribution in [-0.4, -0.2) is 39.1 Å². The van der Waals surface area contributed by atoms with Crippen LogP contribution >= 0.6 is 0 Å². The van der Waals surface area contributed by atoms with Gasteiger partial charge in [0.2, 0.25) is 0 Å². The lowest BCUT2D eigenvalue weighted by Crippen LogP contribution is -2.51. The van der Waals surface area contributed by atoms with Gasteiger partial charge in [0.25, 0.3) is 0 Å². The molecule has 3 N–H and O–H groups in total. The fraction of sp³-hybridized carbons (Fsp3) is 0.632. The maximum absolute atomic E-state index is 11.6. The number of carbonyl (C=O) groups is 1. The Hall–Kier alpha value is -1.59. The fourth-order valence-electron chi connectivity index (χ4n) is 2.68. The summed E-state index contributed by atoms with van der Waals surface area (Å²) in [6, 6.07) is 5.52. The van der Waals surface area contributed by atoms with E-state index in [2.05, 4.69) is 0 Å². The maximum atomic E-state index is 11.6. The van der Waals surface area contributed by atoms with Gasteiger partial charge in [0.15, 0.2) is 0 Å². The maximum Gasteiger partial charge on any atom is 0.308 e. The summed E-state index contributed by atoms with van der Waals surface area (Å²) in [4.78, 5) is 11.6. The Bertz CT molecular complexity index is 563. The highest BCUT2D eigenvalue weighted by molar-refractivity contribution is 5.70. The summed E-state index contributed by atoms with van der Waals surface area (Å²) in [5.41, 5.74) is -1.25. The summed E-state index contributed by atoms with van der Waals surface area (Å²) in [7, 11) is 0. The van der Waals surface area contributed by atoms with Crippen LogP contribution in [0.25, 0.3) is 0 Å². The van der Waals surface area contributed by atoms with Crippen molar-refractivity contribution in [2.75, 3.05) is 6.61 Å². The first-order valence-electron chi connectivity index (χ1n) is 8.40. The monoisotopic (exact) mass is 338 g/mol. The predicted octanol–water partition coefficient (Wildman–Crippen LogP) is 3.04. The van der Waals surface area contributed by atoms with E-state index in [-0.39, 0.29) is 31.1 Å². The first kappa shape index (κ1) is 20.5.